The van der Waals surface area contributed by atoms with Crippen LogP contribution in [0.5, 0.6) is 5.75 Å². The molecule has 2 aromatic carbocycles. The summed E-state index contributed by atoms with van der Waals surface area (Å²) in [6.45, 7) is 13.6. The maximum absolute atomic E-state index is 13.1. The molecule has 0 spiro atoms. The Morgan fingerprint density at radius 3 is 2.08 bits per heavy atom. The lowest BCUT2D eigenvalue weighted by Crippen LogP contribution is -2.13. The van der Waals surface area contributed by atoms with Crippen molar-refractivity contribution in [2.24, 2.45) is 17.8 Å². The maximum Gasteiger partial charge on any atom is 0.344 e. The van der Waals surface area contributed by atoms with Crippen molar-refractivity contribution in [2.45, 2.75) is 105 Å². The molecular formula is C36H50O3. The van der Waals surface area contributed by atoms with Crippen LogP contribution in [-0.4, -0.2) is 5.11 Å². The second kappa shape index (κ2) is 15.1. The molecule has 39 heavy (non-hydrogen) atoms. The molecule has 0 saturated heterocycles. The molecule has 212 valence electrons. The van der Waals surface area contributed by atoms with E-state index in [1.807, 2.05) is 24.3 Å². The lowest BCUT2D eigenvalue weighted by Gasteiger charge is -2.18. The molecule has 1 aromatic heterocycles. The molecule has 3 rings (SSSR count). The number of rotatable bonds is 15. The van der Waals surface area contributed by atoms with E-state index >= 15 is 0 Å². The Morgan fingerprint density at radius 1 is 0.846 bits per heavy atom. The van der Waals surface area contributed by atoms with Crippen LogP contribution < -0.4 is 5.63 Å². The Balaban J connectivity index is 1.64. The molecule has 1 N–H and O–H groups in total. The minimum atomic E-state index is -0.479. The first-order valence-corrected chi connectivity index (χ1v) is 15.1. The van der Waals surface area contributed by atoms with Gasteiger partial charge in [0, 0.05) is 5.92 Å². The highest BCUT2D eigenvalue weighted by atomic mass is 16.4. The number of aryl methyl sites for hydroxylation is 1. The molecule has 0 amide bonds. The number of allylic oxidation sites excluding steroid dienone is 2. The fourth-order valence-electron chi connectivity index (χ4n) is 5.62. The third-order valence-electron chi connectivity index (χ3n) is 8.16. The van der Waals surface area contributed by atoms with Crippen molar-refractivity contribution in [1.29, 1.82) is 0 Å². The van der Waals surface area contributed by atoms with Crippen molar-refractivity contribution < 1.29 is 9.52 Å². The first-order chi connectivity index (χ1) is 18.7. The summed E-state index contributed by atoms with van der Waals surface area (Å²) in [7, 11) is 0. The number of para-hydroxylation sites is 1. The molecule has 3 atom stereocenters. The van der Waals surface area contributed by atoms with Crippen LogP contribution >= 0.6 is 0 Å². The van der Waals surface area contributed by atoms with Gasteiger partial charge in [-0.1, -0.05) is 126 Å². The Kier molecular flexibility index (Phi) is 11.9. The topological polar surface area (TPSA) is 50.4 Å². The molecule has 0 aliphatic carbocycles. The Morgan fingerprint density at radius 2 is 1.44 bits per heavy atom. The molecule has 1 heterocycles. The monoisotopic (exact) mass is 530 g/mol. The molecule has 0 bridgehead atoms. The fourth-order valence-corrected chi connectivity index (χ4v) is 5.62. The van der Waals surface area contributed by atoms with Gasteiger partial charge in [-0.2, -0.15) is 0 Å². The van der Waals surface area contributed by atoms with Crippen molar-refractivity contribution in [3.63, 3.8) is 0 Å². The maximum atomic E-state index is 13.1. The number of aromatic hydroxyl groups is 1. The lowest BCUT2D eigenvalue weighted by atomic mass is 9.87. The van der Waals surface area contributed by atoms with Gasteiger partial charge in [-0.15, -0.1) is 0 Å². The highest BCUT2D eigenvalue weighted by molar-refractivity contribution is 5.84. The van der Waals surface area contributed by atoms with E-state index < -0.39 is 5.63 Å². The van der Waals surface area contributed by atoms with E-state index in [1.165, 1.54) is 50.5 Å². The predicted octanol–water partition coefficient (Wildman–Crippen LogP) is 10.3. The number of fused-ring (bicyclic) bond motifs is 1. The lowest BCUT2D eigenvalue weighted by molar-refractivity contribution is 0.389. The summed E-state index contributed by atoms with van der Waals surface area (Å²) in [5.41, 5.74) is 3.62. The highest BCUT2D eigenvalue weighted by Crippen LogP contribution is 2.36. The molecule has 3 nitrogen and oxygen atoms in total. The van der Waals surface area contributed by atoms with Crippen molar-refractivity contribution >= 4 is 11.0 Å². The summed E-state index contributed by atoms with van der Waals surface area (Å²) in [4.78, 5) is 13.1. The van der Waals surface area contributed by atoms with E-state index in [9.17, 15) is 9.90 Å². The summed E-state index contributed by atoms with van der Waals surface area (Å²) in [6.07, 6.45) is 13.5. The Hall–Kier alpha value is -2.81. The largest absolute Gasteiger partial charge is 0.507 e. The predicted molar refractivity (Wildman–Crippen MR) is 166 cm³/mol. The normalized spacial score (nSPS) is 14.6. The van der Waals surface area contributed by atoms with Gasteiger partial charge in [-0.25, -0.2) is 4.79 Å². The zero-order chi connectivity index (χ0) is 28.4. The van der Waals surface area contributed by atoms with Gasteiger partial charge in [0.05, 0.1) is 10.9 Å². The Bertz CT molecular complexity index is 1250. The van der Waals surface area contributed by atoms with Crippen molar-refractivity contribution in [3.05, 3.63) is 87.3 Å². The standard InChI is InChI=1S/C36H50O3/c1-25(2)12-9-13-26(3)14-10-15-27(4)16-11-17-29(6)24-32(30-22-20-28(5)21-23-30)34-35(37)31-18-7-8-19-33(31)39-36(34)38/h7-8,18-27,32,37H,9-17H2,1-6H3/b29-24+. The first-order valence-electron chi connectivity index (χ1n) is 15.1. The molecule has 0 saturated carbocycles. The number of benzene rings is 2. The second-order valence-corrected chi connectivity index (χ2v) is 12.4. The van der Waals surface area contributed by atoms with Crippen molar-refractivity contribution in [3.8, 4) is 5.75 Å². The summed E-state index contributed by atoms with van der Waals surface area (Å²) in [6, 6.07) is 15.4. The zero-order valence-corrected chi connectivity index (χ0v) is 25.1. The number of hydrogen-bond donors (Lipinski definition) is 1. The molecule has 0 aliphatic rings. The average molecular weight is 531 g/mol. The van der Waals surface area contributed by atoms with E-state index in [0.29, 0.717) is 16.5 Å². The molecule has 0 aliphatic heterocycles. The zero-order valence-electron chi connectivity index (χ0n) is 25.1. The van der Waals surface area contributed by atoms with Crippen molar-refractivity contribution in [2.75, 3.05) is 0 Å². The van der Waals surface area contributed by atoms with Crippen molar-refractivity contribution in [1.82, 2.24) is 0 Å². The van der Waals surface area contributed by atoms with Crippen LogP contribution in [0.3, 0.4) is 0 Å². The van der Waals surface area contributed by atoms with Crippen LogP contribution in [0, 0.1) is 24.7 Å². The van der Waals surface area contributed by atoms with E-state index in [0.717, 1.165) is 41.7 Å². The van der Waals surface area contributed by atoms with Crippen LogP contribution in [0.2, 0.25) is 0 Å². The van der Waals surface area contributed by atoms with Crippen LogP contribution in [-0.2, 0) is 0 Å². The third kappa shape index (κ3) is 9.41. The highest BCUT2D eigenvalue weighted by Gasteiger charge is 2.23. The molecular weight excluding hydrogens is 480 g/mol. The van der Waals surface area contributed by atoms with E-state index in [4.69, 9.17) is 4.42 Å². The van der Waals surface area contributed by atoms with Gasteiger partial charge in [0.15, 0.2) is 0 Å². The quantitative estimate of drug-likeness (QED) is 0.157. The van der Waals surface area contributed by atoms with Gasteiger partial charge in [-0.3, -0.25) is 0 Å². The van der Waals surface area contributed by atoms with Gasteiger partial charge in [-0.05, 0) is 62.1 Å². The van der Waals surface area contributed by atoms with Gasteiger partial charge in [0.2, 0.25) is 0 Å². The minimum absolute atomic E-state index is 0.0172. The first kappa shape index (κ1) is 30.7. The summed E-state index contributed by atoms with van der Waals surface area (Å²) in [5, 5.41) is 11.8. The second-order valence-electron chi connectivity index (χ2n) is 12.4. The molecule has 3 unspecified atom stereocenters. The summed E-state index contributed by atoms with van der Waals surface area (Å²) < 4.78 is 5.64. The van der Waals surface area contributed by atoms with Gasteiger partial charge >= 0.3 is 5.63 Å². The van der Waals surface area contributed by atoms with Crippen LogP contribution in [0.1, 0.15) is 115 Å². The third-order valence-corrected chi connectivity index (χ3v) is 8.16. The van der Waals surface area contributed by atoms with E-state index in [1.54, 1.807) is 12.1 Å². The van der Waals surface area contributed by atoms with E-state index in [2.05, 4.69) is 59.8 Å². The Labute approximate surface area is 236 Å². The molecule has 0 fully saturated rings. The van der Waals surface area contributed by atoms with Gasteiger partial charge in [0.1, 0.15) is 11.3 Å². The molecule has 3 heteroatoms. The van der Waals surface area contributed by atoms with Crippen LogP contribution in [0.4, 0.5) is 0 Å². The fraction of sp³-hybridized carbons (Fsp3) is 0.528. The molecule has 3 aromatic rings. The summed E-state index contributed by atoms with van der Waals surface area (Å²) >= 11 is 0. The van der Waals surface area contributed by atoms with Gasteiger partial charge < -0.3 is 9.52 Å². The summed E-state index contributed by atoms with van der Waals surface area (Å²) in [5.74, 6) is 2.04. The SMILES string of the molecule is C/C(=C\C(c1ccc(C)cc1)c1c(O)c2ccccc2oc1=O)CCCC(C)CCCC(C)CCCC(C)C. The minimum Gasteiger partial charge on any atom is -0.507 e. The smallest absolute Gasteiger partial charge is 0.344 e. The van der Waals surface area contributed by atoms with Crippen LogP contribution in [0.25, 0.3) is 11.0 Å². The van der Waals surface area contributed by atoms with E-state index in [-0.39, 0.29) is 11.7 Å². The van der Waals surface area contributed by atoms with Gasteiger partial charge in [0.25, 0.3) is 0 Å². The molecule has 0 radical (unpaired) electrons. The number of hydrogen-bond acceptors (Lipinski definition) is 3. The average Bonchev–Trinajstić information content (AvgIpc) is 2.88. The van der Waals surface area contributed by atoms with Crippen LogP contribution in [0.15, 0.2) is 69.4 Å².